The molecule has 230 valence electrons. The average Bonchev–Trinajstić information content (AvgIpc) is 2.93. The van der Waals surface area contributed by atoms with Crippen LogP contribution >= 0.6 is 0 Å². The first-order chi connectivity index (χ1) is 20.2. The van der Waals surface area contributed by atoms with E-state index < -0.39 is 35.6 Å². The van der Waals surface area contributed by atoms with Crippen molar-refractivity contribution in [1.29, 1.82) is 5.41 Å². The number of pyridine rings is 1. The van der Waals surface area contributed by atoms with Crippen molar-refractivity contribution in [2.75, 3.05) is 6.61 Å². The number of nitrogens with zero attached hydrogens (tertiary/aromatic N) is 1. The molecule has 0 spiro atoms. The summed E-state index contributed by atoms with van der Waals surface area (Å²) in [6, 6.07) is 1.99. The van der Waals surface area contributed by atoms with Gasteiger partial charge in [-0.05, 0) is 93.4 Å². The number of halogens is 3. The summed E-state index contributed by atoms with van der Waals surface area (Å²) < 4.78 is 54.6. The van der Waals surface area contributed by atoms with Crippen LogP contribution < -0.4 is 0 Å². The molecule has 1 aromatic rings. The van der Waals surface area contributed by atoms with Gasteiger partial charge in [0.2, 0.25) is 5.79 Å². The minimum Gasteiger partial charge on any atom is -0.493 e. The van der Waals surface area contributed by atoms with Gasteiger partial charge in [0.25, 0.3) is 5.92 Å². The van der Waals surface area contributed by atoms with Crippen molar-refractivity contribution in [3.63, 3.8) is 0 Å². The monoisotopic (exact) mass is 594 g/mol. The Labute approximate surface area is 252 Å². The Morgan fingerprint density at radius 3 is 2.49 bits per heavy atom. The quantitative estimate of drug-likeness (QED) is 0.144. The topological polar surface area (TPSA) is 75.4 Å². The van der Waals surface area contributed by atoms with Crippen molar-refractivity contribution in [3.05, 3.63) is 101 Å². The smallest absolute Gasteiger partial charge is 0.266 e. The highest BCUT2D eigenvalue weighted by Gasteiger charge is 2.56. The molecule has 1 aliphatic carbocycles. The zero-order valence-electron chi connectivity index (χ0n) is 25.6. The molecule has 2 atom stereocenters. The predicted molar refractivity (Wildman–Crippen MR) is 165 cm³/mol. The molecular weight excluding hydrogens is 553 g/mol. The fraction of sp³-hybridized carbons (Fsp3) is 0.429. The van der Waals surface area contributed by atoms with E-state index in [1.54, 1.807) is 18.3 Å². The maximum Gasteiger partial charge on any atom is 0.266 e. The van der Waals surface area contributed by atoms with Gasteiger partial charge in [-0.25, -0.2) is 13.2 Å². The number of rotatable bonds is 12. The lowest BCUT2D eigenvalue weighted by atomic mass is 9.67. The molecule has 3 aliphatic rings. The van der Waals surface area contributed by atoms with Crippen LogP contribution in [0.4, 0.5) is 13.2 Å². The Balaban J connectivity index is 1.77. The van der Waals surface area contributed by atoms with E-state index >= 15 is 0 Å². The number of aromatic nitrogens is 1. The van der Waals surface area contributed by atoms with Crippen LogP contribution in [0.2, 0.25) is 0 Å². The lowest BCUT2D eigenvalue weighted by molar-refractivity contribution is -0.238. The molecule has 8 heteroatoms. The highest BCUT2D eigenvalue weighted by molar-refractivity contribution is 6.00. The molecule has 4 rings (SSSR count). The normalized spacial score (nSPS) is 26.9. The second-order valence-corrected chi connectivity index (χ2v) is 11.9. The van der Waals surface area contributed by atoms with Gasteiger partial charge in [-0.1, -0.05) is 32.2 Å². The minimum absolute atomic E-state index is 0.100. The Kier molecular flexibility index (Phi) is 9.12. The van der Waals surface area contributed by atoms with Crippen LogP contribution in [0.15, 0.2) is 84.0 Å². The number of hydrogen-bond donors (Lipinski definition) is 2. The number of nitrogens with one attached hydrogen (secondary N) is 1. The molecule has 5 nitrogen and oxygen atoms in total. The number of aliphatic hydroxyl groups is 1. The lowest BCUT2D eigenvalue weighted by Gasteiger charge is -2.49. The van der Waals surface area contributed by atoms with Crippen LogP contribution in [0.1, 0.15) is 70.2 Å². The summed E-state index contributed by atoms with van der Waals surface area (Å²) in [5.41, 5.74) is 4.79. The van der Waals surface area contributed by atoms with Gasteiger partial charge in [-0.15, -0.1) is 0 Å². The molecule has 0 aromatic carbocycles. The van der Waals surface area contributed by atoms with Crippen LogP contribution in [-0.2, 0) is 9.47 Å². The maximum atomic E-state index is 14.4. The summed E-state index contributed by atoms with van der Waals surface area (Å²) >= 11 is 0. The standard InChI is InChI=1S/C35H41F3N2O3/c1-8-25(14-34(37,38)10-3)12-26(18-39)30(13-29-17-35(41,43-29)28-15-33(36,9-2)16-28)32-21(4)11-27(19-40-32)31-23(6)22(5)20-42-24(31)7/h9-13,17-19,25,28,39,41H,2-3,8,14-16,20H2,1,4-7H3. The molecular formula is C35H41F3N2O3. The van der Waals surface area contributed by atoms with E-state index in [9.17, 15) is 18.3 Å². The third-order valence-electron chi connectivity index (χ3n) is 8.77. The van der Waals surface area contributed by atoms with Gasteiger partial charge in [0.15, 0.2) is 0 Å². The number of ether oxygens (including phenoxy) is 2. The molecule has 1 fully saturated rings. The van der Waals surface area contributed by atoms with E-state index in [2.05, 4.69) is 20.1 Å². The van der Waals surface area contributed by atoms with Crippen LogP contribution in [0, 0.1) is 24.2 Å². The summed E-state index contributed by atoms with van der Waals surface area (Å²) in [7, 11) is 0. The van der Waals surface area contributed by atoms with E-state index in [1.165, 1.54) is 12.2 Å². The molecule has 43 heavy (non-hydrogen) atoms. The molecule has 2 N–H and O–H groups in total. The average molecular weight is 595 g/mol. The van der Waals surface area contributed by atoms with E-state index in [4.69, 9.17) is 19.9 Å². The van der Waals surface area contributed by atoms with E-state index in [0.717, 1.165) is 39.8 Å². The highest BCUT2D eigenvalue weighted by atomic mass is 19.3. The number of allylic oxidation sites excluding steroid dienone is 9. The molecule has 1 aromatic heterocycles. The summed E-state index contributed by atoms with van der Waals surface area (Å²) in [5, 5.41) is 19.2. The molecule has 0 bridgehead atoms. The minimum atomic E-state index is -3.06. The molecule has 1 saturated carbocycles. The van der Waals surface area contributed by atoms with Crippen molar-refractivity contribution in [3.8, 4) is 0 Å². The molecule has 0 saturated heterocycles. The summed E-state index contributed by atoms with van der Waals surface area (Å²) in [5.74, 6) is -4.51. The second kappa shape index (κ2) is 12.2. The highest BCUT2D eigenvalue weighted by Crippen LogP contribution is 2.52. The van der Waals surface area contributed by atoms with Gasteiger partial charge >= 0.3 is 0 Å². The first-order valence-electron chi connectivity index (χ1n) is 14.6. The Morgan fingerprint density at radius 1 is 1.26 bits per heavy atom. The SMILES string of the molecule is C=CC(F)(F)CC(C=C(C=N)C(=CC1=CC(O)(C2CC(F)(C=C)C2)O1)c1ncc(C2=C(C)OCC(C)=C2C)cc1C)CC. The van der Waals surface area contributed by atoms with Crippen molar-refractivity contribution in [2.24, 2.45) is 11.8 Å². The molecule has 2 unspecified atom stereocenters. The van der Waals surface area contributed by atoms with Gasteiger partial charge in [0.1, 0.15) is 23.8 Å². The van der Waals surface area contributed by atoms with Crippen LogP contribution in [0.5, 0.6) is 0 Å². The van der Waals surface area contributed by atoms with Crippen LogP contribution in [0.25, 0.3) is 11.1 Å². The van der Waals surface area contributed by atoms with Crippen LogP contribution in [-0.4, -0.2) is 40.3 Å². The molecule has 2 aliphatic heterocycles. The van der Waals surface area contributed by atoms with E-state index in [0.29, 0.717) is 41.7 Å². The molecule has 0 amide bonds. The van der Waals surface area contributed by atoms with Crippen molar-refractivity contribution in [1.82, 2.24) is 4.98 Å². The van der Waals surface area contributed by atoms with Gasteiger partial charge in [-0.2, -0.15) is 0 Å². The second-order valence-electron chi connectivity index (χ2n) is 11.9. The Morgan fingerprint density at radius 2 is 1.93 bits per heavy atom. The predicted octanol–water partition coefficient (Wildman–Crippen LogP) is 8.59. The van der Waals surface area contributed by atoms with Gasteiger partial charge in [0, 0.05) is 47.5 Å². The third-order valence-corrected chi connectivity index (χ3v) is 8.77. The van der Waals surface area contributed by atoms with Gasteiger partial charge in [0.05, 0.1) is 5.69 Å². The summed E-state index contributed by atoms with van der Waals surface area (Å²) in [4.78, 5) is 4.79. The first-order valence-corrected chi connectivity index (χ1v) is 14.6. The summed E-state index contributed by atoms with van der Waals surface area (Å²) in [6.45, 7) is 17.0. The Bertz CT molecular complexity index is 1480. The van der Waals surface area contributed by atoms with E-state index in [-0.39, 0.29) is 12.8 Å². The van der Waals surface area contributed by atoms with Gasteiger partial charge < -0.3 is 20.0 Å². The fourth-order valence-electron chi connectivity index (χ4n) is 5.83. The summed E-state index contributed by atoms with van der Waals surface area (Å²) in [6.07, 6.45) is 9.76. The van der Waals surface area contributed by atoms with Crippen molar-refractivity contribution < 1.29 is 27.8 Å². The fourth-order valence-corrected chi connectivity index (χ4v) is 5.83. The number of alkyl halides is 3. The number of hydrogen-bond acceptors (Lipinski definition) is 5. The van der Waals surface area contributed by atoms with Crippen LogP contribution in [0.3, 0.4) is 0 Å². The largest absolute Gasteiger partial charge is 0.493 e. The zero-order chi connectivity index (χ0) is 31.7. The maximum absolute atomic E-state index is 14.4. The van der Waals surface area contributed by atoms with E-state index in [1.807, 2.05) is 33.8 Å². The first kappa shape index (κ1) is 32.3. The molecule has 3 heterocycles. The van der Waals surface area contributed by atoms with Crippen molar-refractivity contribution >= 4 is 17.4 Å². The third kappa shape index (κ3) is 6.64. The van der Waals surface area contributed by atoms with Crippen molar-refractivity contribution in [2.45, 2.75) is 77.7 Å². The zero-order valence-corrected chi connectivity index (χ0v) is 25.6. The lowest BCUT2D eigenvalue weighted by Crippen LogP contribution is -2.54. The molecule has 0 radical (unpaired) electrons. The van der Waals surface area contributed by atoms with Gasteiger partial charge in [-0.3, -0.25) is 4.98 Å². The Hall–Kier alpha value is -3.65. The number of aryl methyl sites for hydroxylation is 1.